The van der Waals surface area contributed by atoms with E-state index < -0.39 is 25.6 Å². The van der Waals surface area contributed by atoms with Gasteiger partial charge in [-0.25, -0.2) is 12.8 Å². The summed E-state index contributed by atoms with van der Waals surface area (Å²) in [6.07, 6.45) is 0.354. The molecule has 0 fully saturated rings. The fraction of sp³-hybridized carbons (Fsp3) is 0.273. The number of halogens is 3. The molecule has 0 amide bonds. The van der Waals surface area contributed by atoms with Crippen molar-refractivity contribution in [2.45, 2.75) is 18.2 Å². The van der Waals surface area contributed by atoms with Crippen LogP contribution < -0.4 is 4.74 Å². The minimum absolute atomic E-state index is 0.0736. The van der Waals surface area contributed by atoms with Crippen molar-refractivity contribution in [1.82, 2.24) is 0 Å². The van der Waals surface area contributed by atoms with Crippen LogP contribution >= 0.6 is 10.7 Å². The molecule has 0 N–H and O–H groups in total. The maximum absolute atomic E-state index is 13.4. The normalized spacial score (nSPS) is 10.7. The van der Waals surface area contributed by atoms with Crippen LogP contribution in [0.5, 0.6) is 5.75 Å². The van der Waals surface area contributed by atoms with Crippen LogP contribution in [0.25, 0.3) is 0 Å². The molecular formula is C11H9ClF2O3S. The Morgan fingerprint density at radius 2 is 2.00 bits per heavy atom. The van der Waals surface area contributed by atoms with Gasteiger partial charge in [-0.2, -0.15) is 4.39 Å². The SMILES string of the molecule is CC#CCCOc1ccc(S(=O)(=O)Cl)c(F)c1F. The molecule has 0 saturated carbocycles. The molecule has 18 heavy (non-hydrogen) atoms. The smallest absolute Gasteiger partial charge is 0.264 e. The van der Waals surface area contributed by atoms with Gasteiger partial charge in [-0.1, -0.05) is 0 Å². The molecule has 1 aromatic rings. The van der Waals surface area contributed by atoms with Gasteiger partial charge >= 0.3 is 0 Å². The van der Waals surface area contributed by atoms with Crippen molar-refractivity contribution in [1.29, 1.82) is 0 Å². The molecule has 7 heteroatoms. The Labute approximate surface area is 108 Å². The fourth-order valence-corrected chi connectivity index (χ4v) is 2.04. The lowest BCUT2D eigenvalue weighted by molar-refractivity contribution is 0.301. The number of rotatable bonds is 4. The Morgan fingerprint density at radius 3 is 2.56 bits per heavy atom. The van der Waals surface area contributed by atoms with Gasteiger partial charge in [0.05, 0.1) is 6.61 Å². The number of ether oxygens (including phenoxy) is 1. The zero-order valence-corrected chi connectivity index (χ0v) is 10.9. The van der Waals surface area contributed by atoms with E-state index in [4.69, 9.17) is 15.4 Å². The second kappa shape index (κ2) is 6.03. The van der Waals surface area contributed by atoms with Gasteiger partial charge in [0.2, 0.25) is 5.82 Å². The van der Waals surface area contributed by atoms with Crippen LogP contribution in [-0.4, -0.2) is 15.0 Å². The highest BCUT2D eigenvalue weighted by atomic mass is 35.7. The van der Waals surface area contributed by atoms with Crippen molar-refractivity contribution < 1.29 is 21.9 Å². The molecule has 1 aromatic carbocycles. The number of benzene rings is 1. The van der Waals surface area contributed by atoms with E-state index in [0.717, 1.165) is 12.1 Å². The first-order valence-corrected chi connectivity index (χ1v) is 7.14. The van der Waals surface area contributed by atoms with E-state index in [-0.39, 0.29) is 12.4 Å². The van der Waals surface area contributed by atoms with Gasteiger partial charge in [0.1, 0.15) is 4.90 Å². The minimum Gasteiger partial charge on any atom is -0.489 e. The van der Waals surface area contributed by atoms with E-state index >= 15 is 0 Å². The Kier molecular flexibility index (Phi) is 4.93. The van der Waals surface area contributed by atoms with Crippen LogP contribution in [0.4, 0.5) is 8.78 Å². The third-order valence-corrected chi connectivity index (χ3v) is 3.27. The van der Waals surface area contributed by atoms with Gasteiger partial charge in [-0.05, 0) is 19.1 Å². The maximum Gasteiger partial charge on any atom is 0.264 e. The molecule has 0 aliphatic carbocycles. The molecule has 0 saturated heterocycles. The number of hydrogen-bond acceptors (Lipinski definition) is 3. The van der Waals surface area contributed by atoms with Gasteiger partial charge in [0.25, 0.3) is 9.05 Å². The fourth-order valence-electron chi connectivity index (χ4n) is 1.15. The van der Waals surface area contributed by atoms with E-state index in [0.29, 0.717) is 6.42 Å². The van der Waals surface area contributed by atoms with Crippen molar-refractivity contribution in [2.75, 3.05) is 6.61 Å². The van der Waals surface area contributed by atoms with E-state index in [1.165, 1.54) is 0 Å². The maximum atomic E-state index is 13.4. The molecule has 0 radical (unpaired) electrons. The summed E-state index contributed by atoms with van der Waals surface area (Å²) in [5.41, 5.74) is 0. The Bertz CT molecular complexity index is 603. The van der Waals surface area contributed by atoms with Crippen LogP contribution in [0.15, 0.2) is 17.0 Å². The third-order valence-electron chi connectivity index (χ3n) is 1.94. The summed E-state index contributed by atoms with van der Waals surface area (Å²) in [4.78, 5) is -0.914. The van der Waals surface area contributed by atoms with Crippen molar-refractivity contribution in [3.05, 3.63) is 23.8 Å². The third kappa shape index (κ3) is 3.59. The molecule has 1 rings (SSSR count). The van der Waals surface area contributed by atoms with Crippen molar-refractivity contribution in [3.63, 3.8) is 0 Å². The summed E-state index contributed by atoms with van der Waals surface area (Å²) >= 11 is 0. The van der Waals surface area contributed by atoms with Crippen LogP contribution in [-0.2, 0) is 9.05 Å². The molecular weight excluding hydrogens is 286 g/mol. The van der Waals surface area contributed by atoms with Gasteiger partial charge < -0.3 is 4.74 Å². The van der Waals surface area contributed by atoms with Crippen LogP contribution in [0, 0.1) is 23.5 Å². The highest BCUT2D eigenvalue weighted by molar-refractivity contribution is 8.13. The predicted molar refractivity (Wildman–Crippen MR) is 63.0 cm³/mol. The summed E-state index contributed by atoms with van der Waals surface area (Å²) in [6.45, 7) is 1.71. The molecule has 0 atom stereocenters. The first-order valence-electron chi connectivity index (χ1n) is 4.83. The standard InChI is InChI=1S/C11H9ClF2O3S/c1-2-3-4-7-17-8-5-6-9(18(12,15)16)11(14)10(8)13/h5-6H,4,7H2,1H3. The molecule has 0 aliphatic heterocycles. The lowest BCUT2D eigenvalue weighted by Gasteiger charge is -2.07. The molecule has 0 aliphatic rings. The highest BCUT2D eigenvalue weighted by Crippen LogP contribution is 2.27. The zero-order valence-electron chi connectivity index (χ0n) is 9.34. The van der Waals surface area contributed by atoms with Gasteiger partial charge in [0.15, 0.2) is 11.6 Å². The quantitative estimate of drug-likeness (QED) is 0.487. The Hall–Kier alpha value is -1.32. The Morgan fingerprint density at radius 1 is 1.33 bits per heavy atom. The van der Waals surface area contributed by atoms with E-state index in [2.05, 4.69) is 11.8 Å². The lowest BCUT2D eigenvalue weighted by atomic mass is 10.3. The zero-order chi connectivity index (χ0) is 13.8. The Balaban J connectivity index is 2.97. The highest BCUT2D eigenvalue weighted by Gasteiger charge is 2.22. The molecule has 0 unspecified atom stereocenters. The summed E-state index contributed by atoms with van der Waals surface area (Å²) in [7, 11) is 0.618. The summed E-state index contributed by atoms with van der Waals surface area (Å²) in [5, 5.41) is 0. The molecule has 0 aromatic heterocycles. The van der Waals surface area contributed by atoms with E-state index in [9.17, 15) is 17.2 Å². The van der Waals surface area contributed by atoms with Crippen LogP contribution in [0.2, 0.25) is 0 Å². The van der Waals surface area contributed by atoms with Crippen molar-refractivity contribution >= 4 is 19.7 Å². The predicted octanol–water partition coefficient (Wildman–Crippen LogP) is 2.68. The second-order valence-electron chi connectivity index (χ2n) is 3.15. The second-order valence-corrected chi connectivity index (χ2v) is 5.69. The van der Waals surface area contributed by atoms with Crippen LogP contribution in [0.3, 0.4) is 0 Å². The average Bonchev–Trinajstić information content (AvgIpc) is 2.28. The van der Waals surface area contributed by atoms with Crippen molar-refractivity contribution in [2.24, 2.45) is 0 Å². The average molecular weight is 295 g/mol. The van der Waals surface area contributed by atoms with Crippen molar-refractivity contribution in [3.8, 4) is 17.6 Å². The van der Waals surface area contributed by atoms with Crippen LogP contribution in [0.1, 0.15) is 13.3 Å². The van der Waals surface area contributed by atoms with Gasteiger partial charge in [0, 0.05) is 17.1 Å². The molecule has 0 bridgehead atoms. The first-order chi connectivity index (χ1) is 8.38. The summed E-state index contributed by atoms with van der Waals surface area (Å²) in [5.74, 6) is 1.97. The van der Waals surface area contributed by atoms with Gasteiger partial charge in [-0.3, -0.25) is 0 Å². The molecule has 0 heterocycles. The molecule has 3 nitrogen and oxygen atoms in total. The van der Waals surface area contributed by atoms with E-state index in [1.54, 1.807) is 6.92 Å². The molecule has 0 spiro atoms. The summed E-state index contributed by atoms with van der Waals surface area (Å²) in [6, 6.07) is 1.86. The largest absolute Gasteiger partial charge is 0.489 e. The minimum atomic E-state index is -4.32. The topological polar surface area (TPSA) is 43.4 Å². The first kappa shape index (κ1) is 14.7. The summed E-state index contributed by atoms with van der Waals surface area (Å²) < 4.78 is 53.6. The number of hydrogen-bond donors (Lipinski definition) is 0. The van der Waals surface area contributed by atoms with E-state index in [1.807, 2.05) is 0 Å². The van der Waals surface area contributed by atoms with Gasteiger partial charge in [-0.15, -0.1) is 11.8 Å². The molecule has 98 valence electrons. The monoisotopic (exact) mass is 294 g/mol. The lowest BCUT2D eigenvalue weighted by Crippen LogP contribution is -2.03.